The second-order valence-electron chi connectivity index (χ2n) is 7.93. The van der Waals surface area contributed by atoms with Crippen molar-refractivity contribution in [3.05, 3.63) is 35.2 Å². The maximum absolute atomic E-state index is 13.8. The molecule has 1 fully saturated rings. The van der Waals surface area contributed by atoms with Crippen molar-refractivity contribution >= 4 is 17.5 Å². The fourth-order valence-corrected chi connectivity index (χ4v) is 4.19. The first-order valence-corrected chi connectivity index (χ1v) is 9.86. The van der Waals surface area contributed by atoms with Crippen LogP contribution in [0.15, 0.2) is 18.3 Å². The standard InChI is InChI=1S/C19H19F6N5O2/c20-18(21,22)11-1-2-12(26-9-11)30-7-4-10(5-8-30)15-14-16(29-28-15)27-13(31)3-6-17(14,32)19(23,24)25/h1-2,9-10,32H,3-8H2,(H2,27,28,29,31). The van der Waals surface area contributed by atoms with Gasteiger partial charge in [-0.1, -0.05) is 0 Å². The molecular weight excluding hydrogens is 444 g/mol. The van der Waals surface area contributed by atoms with Crippen molar-refractivity contribution < 1.29 is 36.2 Å². The summed E-state index contributed by atoms with van der Waals surface area (Å²) in [6, 6.07) is 2.18. The normalized spacial score (nSPS) is 23.0. The van der Waals surface area contributed by atoms with Gasteiger partial charge in [0.1, 0.15) is 11.6 Å². The SMILES string of the molecule is O=C1CCC(O)(C(F)(F)F)c2c(C3CCN(c4ccc(C(F)(F)F)cn4)CC3)n[nH]c2N1. The van der Waals surface area contributed by atoms with Crippen molar-refractivity contribution in [3.8, 4) is 0 Å². The molecule has 1 saturated heterocycles. The number of aliphatic hydroxyl groups is 1. The fourth-order valence-electron chi connectivity index (χ4n) is 4.19. The molecule has 13 heteroatoms. The Balaban J connectivity index is 1.56. The van der Waals surface area contributed by atoms with Crippen LogP contribution < -0.4 is 10.2 Å². The zero-order chi connectivity index (χ0) is 23.3. The Morgan fingerprint density at radius 2 is 1.81 bits per heavy atom. The number of pyridine rings is 1. The molecule has 0 aliphatic carbocycles. The van der Waals surface area contributed by atoms with E-state index in [2.05, 4.69) is 20.5 Å². The number of nitrogens with zero attached hydrogens (tertiary/aromatic N) is 3. The molecule has 0 aromatic carbocycles. The number of hydrogen-bond donors (Lipinski definition) is 3. The van der Waals surface area contributed by atoms with E-state index < -0.39 is 53.7 Å². The molecule has 4 rings (SSSR count). The predicted molar refractivity (Wildman–Crippen MR) is 99.8 cm³/mol. The molecule has 1 unspecified atom stereocenters. The number of halogens is 6. The summed E-state index contributed by atoms with van der Waals surface area (Å²) in [5, 5.41) is 19.3. The first kappa shape index (κ1) is 22.4. The second-order valence-corrected chi connectivity index (χ2v) is 7.93. The molecule has 0 saturated carbocycles. The zero-order valence-electron chi connectivity index (χ0n) is 16.5. The lowest BCUT2D eigenvalue weighted by Crippen LogP contribution is -2.43. The van der Waals surface area contributed by atoms with Crippen LogP contribution >= 0.6 is 0 Å². The summed E-state index contributed by atoms with van der Waals surface area (Å²) in [6.07, 6.45) is -9.43. The van der Waals surface area contributed by atoms with Crippen LogP contribution in [-0.2, 0) is 16.6 Å². The lowest BCUT2D eigenvalue weighted by Gasteiger charge is -2.35. The van der Waals surface area contributed by atoms with Gasteiger partial charge in [0.25, 0.3) is 0 Å². The predicted octanol–water partition coefficient (Wildman–Crippen LogP) is 3.69. The monoisotopic (exact) mass is 463 g/mol. The molecule has 2 aliphatic rings. The quantitative estimate of drug-likeness (QED) is 0.591. The van der Waals surface area contributed by atoms with Crippen molar-refractivity contribution in [1.82, 2.24) is 15.2 Å². The maximum Gasteiger partial charge on any atom is 0.421 e. The van der Waals surface area contributed by atoms with E-state index in [9.17, 15) is 36.2 Å². The van der Waals surface area contributed by atoms with Gasteiger partial charge < -0.3 is 15.3 Å². The van der Waals surface area contributed by atoms with E-state index in [1.165, 1.54) is 6.07 Å². The van der Waals surface area contributed by atoms with E-state index >= 15 is 0 Å². The lowest BCUT2D eigenvalue weighted by molar-refractivity contribution is -0.268. The number of carbonyl (C=O) groups excluding carboxylic acids is 1. The molecule has 32 heavy (non-hydrogen) atoms. The highest BCUT2D eigenvalue weighted by Gasteiger charge is 2.59. The Bertz CT molecular complexity index is 995. The summed E-state index contributed by atoms with van der Waals surface area (Å²) in [6.45, 7) is 0.642. The summed E-state index contributed by atoms with van der Waals surface area (Å²) in [7, 11) is 0. The van der Waals surface area contributed by atoms with Crippen LogP contribution in [-0.4, -0.2) is 45.5 Å². The Hall–Kier alpha value is -2.83. The van der Waals surface area contributed by atoms with Crippen molar-refractivity contribution in [2.75, 3.05) is 23.3 Å². The van der Waals surface area contributed by atoms with Crippen molar-refractivity contribution in [1.29, 1.82) is 0 Å². The molecular formula is C19H19F6N5O2. The number of aromatic nitrogens is 3. The van der Waals surface area contributed by atoms with Gasteiger partial charge in [-0.05, 0) is 31.4 Å². The van der Waals surface area contributed by atoms with Crippen LogP contribution in [0.25, 0.3) is 0 Å². The van der Waals surface area contributed by atoms with Gasteiger partial charge in [0.05, 0.1) is 16.8 Å². The highest BCUT2D eigenvalue weighted by atomic mass is 19.4. The second kappa shape index (κ2) is 7.64. The highest BCUT2D eigenvalue weighted by molar-refractivity contribution is 5.91. The number of piperidine rings is 1. The molecule has 2 aromatic rings. The van der Waals surface area contributed by atoms with E-state index in [1.807, 2.05) is 0 Å². The number of hydrogen-bond acceptors (Lipinski definition) is 5. The number of alkyl halides is 6. The number of anilines is 2. The Kier molecular flexibility index (Phi) is 5.34. The van der Waals surface area contributed by atoms with Gasteiger partial charge in [-0.25, -0.2) is 4.98 Å². The van der Waals surface area contributed by atoms with E-state index in [4.69, 9.17) is 0 Å². The fraction of sp³-hybridized carbons (Fsp3) is 0.526. The number of aromatic amines is 1. The Morgan fingerprint density at radius 3 is 2.38 bits per heavy atom. The van der Waals surface area contributed by atoms with Gasteiger partial charge in [0.2, 0.25) is 5.91 Å². The Labute approximate surface area is 177 Å². The zero-order valence-corrected chi connectivity index (χ0v) is 16.5. The average Bonchev–Trinajstić information content (AvgIpc) is 3.09. The van der Waals surface area contributed by atoms with Crippen molar-refractivity contribution in [3.63, 3.8) is 0 Å². The van der Waals surface area contributed by atoms with Crippen LogP contribution in [0.5, 0.6) is 0 Å². The molecule has 2 aliphatic heterocycles. The third-order valence-corrected chi connectivity index (χ3v) is 5.94. The number of fused-ring (bicyclic) bond motifs is 1. The number of rotatable bonds is 2. The Morgan fingerprint density at radius 1 is 1.12 bits per heavy atom. The number of nitrogens with one attached hydrogen (secondary N) is 2. The summed E-state index contributed by atoms with van der Waals surface area (Å²) in [4.78, 5) is 17.4. The first-order valence-electron chi connectivity index (χ1n) is 9.86. The maximum atomic E-state index is 13.8. The van der Waals surface area contributed by atoms with Crippen molar-refractivity contribution in [2.24, 2.45) is 0 Å². The number of H-pyrrole nitrogens is 1. The molecule has 3 N–H and O–H groups in total. The van der Waals surface area contributed by atoms with Crippen LogP contribution in [0.2, 0.25) is 0 Å². The minimum Gasteiger partial charge on any atom is -0.376 e. The number of amides is 1. The van der Waals surface area contributed by atoms with E-state index in [0.717, 1.165) is 12.3 Å². The summed E-state index contributed by atoms with van der Waals surface area (Å²) in [5.41, 5.74) is -4.54. The molecule has 2 aromatic heterocycles. The van der Waals surface area contributed by atoms with Gasteiger partial charge in [0.15, 0.2) is 5.60 Å². The third kappa shape index (κ3) is 3.89. The smallest absolute Gasteiger partial charge is 0.376 e. The largest absolute Gasteiger partial charge is 0.421 e. The average molecular weight is 463 g/mol. The van der Waals surface area contributed by atoms with Crippen LogP contribution in [0.4, 0.5) is 38.0 Å². The summed E-state index contributed by atoms with van der Waals surface area (Å²) < 4.78 is 79.6. The lowest BCUT2D eigenvalue weighted by atomic mass is 9.82. The topological polar surface area (TPSA) is 94.1 Å². The highest BCUT2D eigenvalue weighted by Crippen LogP contribution is 2.49. The van der Waals surface area contributed by atoms with E-state index in [-0.39, 0.29) is 11.5 Å². The van der Waals surface area contributed by atoms with Crippen LogP contribution in [0.1, 0.15) is 48.4 Å². The molecule has 1 atom stereocenters. The van der Waals surface area contributed by atoms with Gasteiger partial charge in [0, 0.05) is 31.6 Å². The molecule has 0 bridgehead atoms. The first-order chi connectivity index (χ1) is 14.9. The molecule has 0 spiro atoms. The van der Waals surface area contributed by atoms with Crippen LogP contribution in [0.3, 0.4) is 0 Å². The van der Waals surface area contributed by atoms with Crippen molar-refractivity contribution in [2.45, 2.75) is 49.6 Å². The third-order valence-electron chi connectivity index (χ3n) is 5.94. The summed E-state index contributed by atoms with van der Waals surface area (Å²) in [5.74, 6) is -1.06. The molecule has 7 nitrogen and oxygen atoms in total. The van der Waals surface area contributed by atoms with E-state index in [0.29, 0.717) is 31.7 Å². The minimum absolute atomic E-state index is 0.0297. The molecule has 1 amide bonds. The molecule has 174 valence electrons. The van der Waals surface area contributed by atoms with Gasteiger partial charge in [-0.3, -0.25) is 9.89 Å². The number of carbonyl (C=O) groups is 1. The van der Waals surface area contributed by atoms with Gasteiger partial charge in [-0.2, -0.15) is 31.4 Å². The van der Waals surface area contributed by atoms with Gasteiger partial charge in [-0.15, -0.1) is 0 Å². The minimum atomic E-state index is -5.02. The van der Waals surface area contributed by atoms with E-state index in [1.54, 1.807) is 4.90 Å². The van der Waals surface area contributed by atoms with Crippen LogP contribution in [0, 0.1) is 0 Å². The van der Waals surface area contributed by atoms with Gasteiger partial charge >= 0.3 is 12.4 Å². The molecule has 4 heterocycles. The molecule has 0 radical (unpaired) electrons. The summed E-state index contributed by atoms with van der Waals surface area (Å²) >= 11 is 0.